The van der Waals surface area contributed by atoms with Crippen LogP contribution in [0.5, 0.6) is 0 Å². The molecule has 2 N–H and O–H groups in total. The number of hydrogen-bond acceptors (Lipinski definition) is 3. The highest BCUT2D eigenvalue weighted by Gasteiger charge is 2.34. The fourth-order valence-electron chi connectivity index (χ4n) is 1.57. The number of alkyl carbamates (subject to hydrolysis) is 1. The summed E-state index contributed by atoms with van der Waals surface area (Å²) >= 11 is 3.33. The molecule has 0 aromatic heterocycles. The van der Waals surface area contributed by atoms with E-state index in [4.69, 9.17) is 9.84 Å². The Morgan fingerprint density at radius 2 is 2.07 bits per heavy atom. The average Bonchev–Trinajstić information content (AvgIpc) is 2.61. The fraction of sp³-hybridized carbons (Fsp3) is 0.300. The predicted octanol–water partition coefficient (Wildman–Crippen LogP) is 1.59. The summed E-state index contributed by atoms with van der Waals surface area (Å²) in [6.45, 7) is -0.181. The van der Waals surface area contributed by atoms with Crippen LogP contribution in [0.15, 0.2) is 28.7 Å². The van der Waals surface area contributed by atoms with E-state index < -0.39 is 12.2 Å². The van der Waals surface area contributed by atoms with Crippen molar-refractivity contribution in [3.8, 4) is 0 Å². The number of rotatable bonds is 2. The van der Waals surface area contributed by atoms with Crippen LogP contribution in [0.4, 0.5) is 4.79 Å². The lowest BCUT2D eigenvalue weighted by Crippen LogP contribution is -2.24. The highest BCUT2D eigenvalue weighted by atomic mass is 79.9. The van der Waals surface area contributed by atoms with Crippen LogP contribution in [0.2, 0.25) is 0 Å². The highest BCUT2D eigenvalue weighted by molar-refractivity contribution is 9.10. The Morgan fingerprint density at radius 1 is 1.40 bits per heavy atom. The lowest BCUT2D eigenvalue weighted by Gasteiger charge is -2.14. The number of carbonyl (C=O) groups is 1. The van der Waals surface area contributed by atoms with E-state index in [2.05, 4.69) is 21.2 Å². The van der Waals surface area contributed by atoms with Crippen LogP contribution in [-0.4, -0.2) is 23.9 Å². The molecule has 0 spiro atoms. The van der Waals surface area contributed by atoms with Crippen LogP contribution in [0.25, 0.3) is 0 Å². The van der Waals surface area contributed by atoms with Crippen LogP contribution in [0.1, 0.15) is 11.6 Å². The Balaban J connectivity index is 2.22. The third-order valence-electron chi connectivity index (χ3n) is 2.31. The molecule has 0 saturated carbocycles. The zero-order valence-electron chi connectivity index (χ0n) is 7.81. The van der Waals surface area contributed by atoms with Crippen LogP contribution in [0, 0.1) is 0 Å². The molecule has 5 heteroatoms. The molecule has 1 amide bonds. The van der Waals surface area contributed by atoms with Gasteiger partial charge < -0.3 is 15.2 Å². The Bertz CT molecular complexity index is 365. The number of nitrogens with one attached hydrogen (secondary N) is 1. The third kappa shape index (κ3) is 2.13. The smallest absolute Gasteiger partial charge is 0.408 e. The summed E-state index contributed by atoms with van der Waals surface area (Å²) in [5.41, 5.74) is 0.920. The van der Waals surface area contributed by atoms with E-state index in [0.29, 0.717) is 0 Å². The first-order chi connectivity index (χ1) is 7.20. The molecule has 0 aliphatic carbocycles. The van der Waals surface area contributed by atoms with Gasteiger partial charge in [0.25, 0.3) is 0 Å². The van der Waals surface area contributed by atoms with Crippen molar-refractivity contribution in [3.63, 3.8) is 0 Å². The standard InChI is InChI=1S/C10H10BrNO3/c11-7-3-1-6(2-4-7)9-8(5-13)15-10(14)12-9/h1-4,8-9,13H,5H2,(H,12,14)/t8-,9+/m0/s1. The number of benzene rings is 1. The van der Waals surface area contributed by atoms with E-state index in [1.807, 2.05) is 24.3 Å². The maximum absolute atomic E-state index is 11.0. The number of amides is 1. The topological polar surface area (TPSA) is 58.6 Å². The second kappa shape index (κ2) is 4.20. The monoisotopic (exact) mass is 271 g/mol. The van der Waals surface area contributed by atoms with Gasteiger partial charge in [-0.05, 0) is 17.7 Å². The number of aliphatic hydroxyl groups excluding tert-OH is 1. The molecule has 1 aliphatic rings. The zero-order valence-corrected chi connectivity index (χ0v) is 9.40. The second-order valence-corrected chi connectivity index (χ2v) is 4.22. The van der Waals surface area contributed by atoms with Gasteiger partial charge in [-0.2, -0.15) is 0 Å². The molecular weight excluding hydrogens is 262 g/mol. The molecule has 15 heavy (non-hydrogen) atoms. The van der Waals surface area contributed by atoms with Gasteiger partial charge in [0.1, 0.15) is 0 Å². The van der Waals surface area contributed by atoms with Gasteiger partial charge in [0.2, 0.25) is 0 Å². The van der Waals surface area contributed by atoms with E-state index in [1.54, 1.807) is 0 Å². The molecule has 2 atom stereocenters. The minimum atomic E-state index is -0.501. The summed E-state index contributed by atoms with van der Waals surface area (Å²) in [6, 6.07) is 7.26. The van der Waals surface area contributed by atoms with E-state index in [9.17, 15) is 4.79 Å². The fourth-order valence-corrected chi connectivity index (χ4v) is 1.83. The summed E-state index contributed by atoms with van der Waals surface area (Å²) < 4.78 is 5.87. The van der Waals surface area contributed by atoms with E-state index >= 15 is 0 Å². The van der Waals surface area contributed by atoms with Crippen molar-refractivity contribution < 1.29 is 14.6 Å². The maximum Gasteiger partial charge on any atom is 0.408 e. The second-order valence-electron chi connectivity index (χ2n) is 3.30. The summed E-state index contributed by atoms with van der Waals surface area (Å²) in [5, 5.41) is 11.7. The van der Waals surface area contributed by atoms with Gasteiger partial charge in [-0.1, -0.05) is 28.1 Å². The van der Waals surface area contributed by atoms with Gasteiger partial charge in [0.15, 0.2) is 6.10 Å². The summed E-state index contributed by atoms with van der Waals surface area (Å²) in [7, 11) is 0. The summed E-state index contributed by atoms with van der Waals surface area (Å²) in [4.78, 5) is 11.0. The minimum Gasteiger partial charge on any atom is -0.441 e. The zero-order chi connectivity index (χ0) is 10.8. The van der Waals surface area contributed by atoms with Crippen molar-refractivity contribution in [2.24, 2.45) is 0 Å². The maximum atomic E-state index is 11.0. The lowest BCUT2D eigenvalue weighted by atomic mass is 10.0. The Labute approximate surface area is 95.4 Å². The molecule has 1 heterocycles. The molecule has 2 rings (SSSR count). The normalized spacial score (nSPS) is 24.8. The predicted molar refractivity (Wildman–Crippen MR) is 57.4 cm³/mol. The van der Waals surface area contributed by atoms with Crippen molar-refractivity contribution in [1.82, 2.24) is 5.32 Å². The number of halogens is 1. The number of carbonyl (C=O) groups excluding carboxylic acids is 1. The molecule has 0 unspecified atom stereocenters. The molecule has 80 valence electrons. The first kappa shape index (κ1) is 10.4. The van der Waals surface area contributed by atoms with Crippen LogP contribution in [0.3, 0.4) is 0 Å². The van der Waals surface area contributed by atoms with Gasteiger partial charge in [0.05, 0.1) is 12.6 Å². The lowest BCUT2D eigenvalue weighted by molar-refractivity contribution is 0.0829. The van der Waals surface area contributed by atoms with Crippen molar-refractivity contribution >= 4 is 22.0 Å². The van der Waals surface area contributed by atoms with Crippen molar-refractivity contribution in [1.29, 1.82) is 0 Å². The van der Waals surface area contributed by atoms with Crippen molar-refractivity contribution in [2.75, 3.05) is 6.61 Å². The number of cyclic esters (lactones) is 1. The van der Waals surface area contributed by atoms with Gasteiger partial charge in [-0.25, -0.2) is 4.79 Å². The molecular formula is C10H10BrNO3. The van der Waals surface area contributed by atoms with Gasteiger partial charge >= 0.3 is 6.09 Å². The SMILES string of the molecule is O=C1N[C@H](c2ccc(Br)cc2)[C@H](CO)O1. The highest BCUT2D eigenvalue weighted by Crippen LogP contribution is 2.25. The van der Waals surface area contributed by atoms with Crippen LogP contribution in [-0.2, 0) is 4.74 Å². The first-order valence-corrected chi connectivity index (χ1v) is 5.33. The molecule has 1 aromatic carbocycles. The quantitative estimate of drug-likeness (QED) is 0.859. The van der Waals surface area contributed by atoms with E-state index in [-0.39, 0.29) is 12.6 Å². The minimum absolute atomic E-state index is 0.181. The van der Waals surface area contributed by atoms with E-state index in [1.165, 1.54) is 0 Å². The molecule has 0 bridgehead atoms. The third-order valence-corrected chi connectivity index (χ3v) is 2.84. The molecule has 1 fully saturated rings. The molecule has 4 nitrogen and oxygen atoms in total. The van der Waals surface area contributed by atoms with Crippen LogP contribution < -0.4 is 5.32 Å². The van der Waals surface area contributed by atoms with Crippen molar-refractivity contribution in [2.45, 2.75) is 12.1 Å². The Kier molecular flexibility index (Phi) is 2.93. The van der Waals surface area contributed by atoms with Gasteiger partial charge in [0, 0.05) is 4.47 Å². The number of hydrogen-bond donors (Lipinski definition) is 2. The Hall–Kier alpha value is -1.07. The molecule has 1 aliphatic heterocycles. The van der Waals surface area contributed by atoms with E-state index in [0.717, 1.165) is 10.0 Å². The van der Waals surface area contributed by atoms with Crippen molar-refractivity contribution in [3.05, 3.63) is 34.3 Å². The summed E-state index contributed by atoms with van der Waals surface area (Å²) in [6.07, 6.45) is -0.986. The first-order valence-electron chi connectivity index (χ1n) is 4.54. The number of aliphatic hydroxyl groups is 1. The van der Waals surface area contributed by atoms with Gasteiger partial charge in [-0.15, -0.1) is 0 Å². The Morgan fingerprint density at radius 3 is 2.67 bits per heavy atom. The molecule has 1 aromatic rings. The largest absolute Gasteiger partial charge is 0.441 e. The number of ether oxygens (including phenoxy) is 1. The average molecular weight is 272 g/mol. The molecule has 1 saturated heterocycles. The summed E-state index contributed by atoms with van der Waals surface area (Å²) in [5.74, 6) is 0. The molecule has 0 radical (unpaired) electrons. The van der Waals surface area contributed by atoms with Gasteiger partial charge in [-0.3, -0.25) is 0 Å². The van der Waals surface area contributed by atoms with Crippen LogP contribution >= 0.6 is 15.9 Å².